The Morgan fingerprint density at radius 2 is 1.94 bits per heavy atom. The predicted molar refractivity (Wildman–Crippen MR) is 126 cm³/mol. The summed E-state index contributed by atoms with van der Waals surface area (Å²) >= 11 is 9.49. The number of nitrogens with one attached hydrogen (secondary N) is 1. The minimum Gasteiger partial charge on any atom is -0.481 e. The van der Waals surface area contributed by atoms with E-state index in [-0.39, 0.29) is 33.1 Å². The Morgan fingerprint density at radius 1 is 1.18 bits per heavy atom. The second-order valence-electron chi connectivity index (χ2n) is 6.64. The van der Waals surface area contributed by atoms with Crippen molar-refractivity contribution in [1.82, 2.24) is 24.7 Å². The lowest BCUT2D eigenvalue weighted by molar-refractivity contribution is -0.136. The van der Waals surface area contributed by atoms with Gasteiger partial charge in [-0.1, -0.05) is 34.7 Å². The van der Waals surface area contributed by atoms with Gasteiger partial charge in [0, 0.05) is 16.8 Å². The van der Waals surface area contributed by atoms with Crippen LogP contribution in [-0.4, -0.2) is 41.7 Å². The van der Waals surface area contributed by atoms with Crippen LogP contribution in [0.1, 0.15) is 16.2 Å². The molecule has 174 valence electrons. The van der Waals surface area contributed by atoms with E-state index in [1.54, 1.807) is 42.2 Å². The molecule has 0 saturated carbocycles. The summed E-state index contributed by atoms with van der Waals surface area (Å²) in [5, 5.41) is 20.7. The normalized spacial score (nSPS) is 10.9. The Balaban J connectivity index is 1.64. The van der Waals surface area contributed by atoms with E-state index in [4.69, 9.17) is 16.7 Å². The summed E-state index contributed by atoms with van der Waals surface area (Å²) in [6.07, 6.45) is 1.19. The van der Waals surface area contributed by atoms with Gasteiger partial charge >= 0.3 is 5.97 Å². The van der Waals surface area contributed by atoms with Crippen molar-refractivity contribution < 1.29 is 19.1 Å². The maximum absolute atomic E-state index is 13.3. The monoisotopic (exact) mass is 536 g/mol. The van der Waals surface area contributed by atoms with Crippen LogP contribution in [0, 0.1) is 5.82 Å². The fraction of sp³-hybridized carbons (Fsp3) is 0.100. The van der Waals surface area contributed by atoms with Crippen LogP contribution in [0.5, 0.6) is 0 Å². The maximum atomic E-state index is 13.3. The number of carboxylic acid groups (broad SMARTS) is 1. The number of aryl methyl sites for hydroxylation is 1. The standard InChI is InChI=1S/C20H14ClFN6O3S3/c1-28-9-23-27-20(28)33-14-7-6-13(32-11-4-2-10(22)3-5-11)16(25-14)18(31)26-19-24-12(8-15(29)30)17(21)34-19/h2-7,9H,8H2,1H3,(H,29,30)(H,24,26,31). The van der Waals surface area contributed by atoms with Gasteiger partial charge in [0.25, 0.3) is 5.91 Å². The van der Waals surface area contributed by atoms with Gasteiger partial charge in [-0.25, -0.2) is 14.4 Å². The van der Waals surface area contributed by atoms with E-state index in [0.29, 0.717) is 20.0 Å². The van der Waals surface area contributed by atoms with Gasteiger partial charge < -0.3 is 9.67 Å². The van der Waals surface area contributed by atoms with Crippen molar-refractivity contribution in [2.24, 2.45) is 7.05 Å². The number of hydrogen-bond acceptors (Lipinski definition) is 9. The quantitative estimate of drug-likeness (QED) is 0.331. The summed E-state index contributed by atoms with van der Waals surface area (Å²) in [5.41, 5.74) is 0.266. The number of pyridine rings is 1. The fourth-order valence-electron chi connectivity index (χ4n) is 2.61. The molecule has 9 nitrogen and oxygen atoms in total. The number of benzene rings is 1. The van der Waals surface area contributed by atoms with Crippen molar-refractivity contribution in [3.8, 4) is 0 Å². The molecule has 0 unspecified atom stereocenters. The number of hydrogen-bond donors (Lipinski definition) is 2. The van der Waals surface area contributed by atoms with Crippen LogP contribution in [0.4, 0.5) is 9.52 Å². The molecule has 1 aromatic carbocycles. The molecule has 0 bridgehead atoms. The third kappa shape index (κ3) is 5.91. The fourth-order valence-corrected chi connectivity index (χ4v) is 5.28. The molecule has 0 radical (unpaired) electrons. The molecule has 14 heteroatoms. The molecule has 0 aliphatic rings. The van der Waals surface area contributed by atoms with E-state index >= 15 is 0 Å². The molecule has 2 N–H and O–H groups in total. The van der Waals surface area contributed by atoms with Crippen LogP contribution in [0.2, 0.25) is 4.34 Å². The van der Waals surface area contributed by atoms with Gasteiger partial charge in [0.1, 0.15) is 27.2 Å². The number of anilines is 1. The minimum atomic E-state index is -1.08. The number of halogens is 2. The molecule has 0 fully saturated rings. The zero-order valence-corrected chi connectivity index (χ0v) is 20.4. The van der Waals surface area contributed by atoms with Crippen LogP contribution >= 0.6 is 46.5 Å². The van der Waals surface area contributed by atoms with Crippen molar-refractivity contribution >= 4 is 63.5 Å². The number of aliphatic carboxylic acids is 1. The van der Waals surface area contributed by atoms with Gasteiger partial charge in [-0.15, -0.1) is 10.2 Å². The number of carbonyl (C=O) groups is 2. The Bertz CT molecular complexity index is 1360. The lowest BCUT2D eigenvalue weighted by atomic mass is 10.3. The molecule has 0 saturated heterocycles. The number of rotatable bonds is 8. The summed E-state index contributed by atoms with van der Waals surface area (Å²) < 4.78 is 15.2. The second kappa shape index (κ2) is 10.5. The first-order valence-electron chi connectivity index (χ1n) is 9.43. The van der Waals surface area contributed by atoms with Gasteiger partial charge in [-0.3, -0.25) is 14.9 Å². The van der Waals surface area contributed by atoms with Gasteiger partial charge in [0.15, 0.2) is 10.3 Å². The summed E-state index contributed by atoms with van der Waals surface area (Å²) in [4.78, 5) is 34.0. The molecule has 0 aliphatic carbocycles. The van der Waals surface area contributed by atoms with E-state index in [9.17, 15) is 14.0 Å². The van der Waals surface area contributed by atoms with Gasteiger partial charge in [0.2, 0.25) is 0 Å². The molecule has 4 rings (SSSR count). The average Bonchev–Trinajstić information content (AvgIpc) is 3.34. The molecule has 4 aromatic rings. The Morgan fingerprint density at radius 3 is 2.62 bits per heavy atom. The van der Waals surface area contributed by atoms with Crippen molar-refractivity contribution in [2.45, 2.75) is 26.4 Å². The average molecular weight is 537 g/mol. The molecule has 34 heavy (non-hydrogen) atoms. The van der Waals surface area contributed by atoms with Crippen LogP contribution in [0.25, 0.3) is 0 Å². The second-order valence-corrected chi connectivity index (χ2v) is 10.3. The first-order chi connectivity index (χ1) is 16.3. The molecule has 0 aliphatic heterocycles. The predicted octanol–water partition coefficient (Wildman–Crippen LogP) is 4.64. The highest BCUT2D eigenvalue weighted by Gasteiger charge is 2.20. The Hall–Kier alpha value is -3.00. The highest BCUT2D eigenvalue weighted by molar-refractivity contribution is 7.99. The van der Waals surface area contributed by atoms with E-state index in [2.05, 4.69) is 25.5 Å². The molecule has 0 atom stereocenters. The van der Waals surface area contributed by atoms with E-state index in [1.807, 2.05) is 0 Å². The van der Waals surface area contributed by atoms with Crippen molar-refractivity contribution in [2.75, 3.05) is 5.32 Å². The van der Waals surface area contributed by atoms with Crippen LogP contribution in [0.3, 0.4) is 0 Å². The maximum Gasteiger partial charge on any atom is 0.309 e. The van der Waals surface area contributed by atoms with Gasteiger partial charge in [0.05, 0.1) is 12.1 Å². The number of carboxylic acids is 1. The third-order valence-electron chi connectivity index (χ3n) is 4.14. The smallest absolute Gasteiger partial charge is 0.309 e. The number of aromatic nitrogens is 5. The minimum absolute atomic E-state index is 0.104. The summed E-state index contributed by atoms with van der Waals surface area (Å²) in [6.45, 7) is 0. The number of amides is 1. The molecule has 3 heterocycles. The lowest BCUT2D eigenvalue weighted by Crippen LogP contribution is -2.15. The lowest BCUT2D eigenvalue weighted by Gasteiger charge is -2.10. The summed E-state index contributed by atoms with van der Waals surface area (Å²) in [6, 6.07) is 9.34. The van der Waals surface area contributed by atoms with Crippen LogP contribution in [0.15, 0.2) is 62.7 Å². The van der Waals surface area contributed by atoms with Gasteiger partial charge in [-0.05, 0) is 48.2 Å². The summed E-state index contributed by atoms with van der Waals surface area (Å²) in [7, 11) is 1.79. The zero-order valence-electron chi connectivity index (χ0n) is 17.2. The first-order valence-corrected chi connectivity index (χ1v) is 12.3. The van der Waals surface area contributed by atoms with E-state index in [1.165, 1.54) is 35.7 Å². The Labute approximate surface area is 209 Å². The van der Waals surface area contributed by atoms with E-state index < -0.39 is 11.9 Å². The molecule has 1 amide bonds. The van der Waals surface area contributed by atoms with Crippen molar-refractivity contribution in [3.05, 3.63) is 64.3 Å². The SMILES string of the molecule is Cn1cnnc1Sc1ccc(Sc2ccc(F)cc2)c(C(=O)Nc2nc(CC(=O)O)c(Cl)s2)n1. The van der Waals surface area contributed by atoms with Gasteiger partial charge in [-0.2, -0.15) is 0 Å². The van der Waals surface area contributed by atoms with E-state index in [0.717, 1.165) is 11.3 Å². The number of nitrogens with zero attached hydrogens (tertiary/aromatic N) is 5. The van der Waals surface area contributed by atoms with Crippen molar-refractivity contribution in [3.63, 3.8) is 0 Å². The van der Waals surface area contributed by atoms with Crippen LogP contribution in [-0.2, 0) is 18.3 Å². The summed E-state index contributed by atoms with van der Waals surface area (Å²) in [5.74, 6) is -2.01. The van der Waals surface area contributed by atoms with Crippen molar-refractivity contribution in [1.29, 1.82) is 0 Å². The molecular weight excluding hydrogens is 523 g/mol. The first kappa shape index (κ1) is 24.1. The topological polar surface area (TPSA) is 123 Å². The zero-order chi connectivity index (χ0) is 24.2. The highest BCUT2D eigenvalue weighted by Crippen LogP contribution is 2.34. The third-order valence-corrected chi connectivity index (χ3v) is 7.44. The molecular formula is C20H14ClFN6O3S3. The number of carbonyl (C=O) groups excluding carboxylic acids is 1. The molecule has 3 aromatic heterocycles. The largest absolute Gasteiger partial charge is 0.481 e. The molecule has 0 spiro atoms. The van der Waals surface area contributed by atoms with Crippen LogP contribution < -0.4 is 5.32 Å². The Kier molecular flexibility index (Phi) is 7.46. The number of thiazole rings is 1. The highest BCUT2D eigenvalue weighted by atomic mass is 35.5.